The topological polar surface area (TPSA) is 131 Å². The van der Waals surface area contributed by atoms with Gasteiger partial charge in [-0.15, -0.1) is 0 Å². The van der Waals surface area contributed by atoms with E-state index in [-0.39, 0.29) is 54.3 Å². The molecule has 5 rings (SSSR count). The number of benzene rings is 1. The van der Waals surface area contributed by atoms with Crippen LogP contribution in [-0.2, 0) is 35.0 Å². The summed E-state index contributed by atoms with van der Waals surface area (Å²) in [5.74, 6) is 0.0811. The first-order chi connectivity index (χ1) is 23.3. The number of hydrogen-bond donors (Lipinski definition) is 1. The lowest BCUT2D eigenvalue weighted by Crippen LogP contribution is -2.48. The molecule has 3 aliphatic rings. The molecule has 48 heavy (non-hydrogen) atoms. The van der Waals surface area contributed by atoms with Crippen LogP contribution in [0.25, 0.3) is 11.0 Å². The van der Waals surface area contributed by atoms with Crippen LogP contribution in [-0.4, -0.2) is 94.6 Å². The first kappa shape index (κ1) is 36.4. The number of ketones is 1. The number of ether oxygens (including phenoxy) is 4. The smallest absolute Gasteiger partial charge is 0.374 e. The van der Waals surface area contributed by atoms with Crippen molar-refractivity contribution in [1.29, 1.82) is 0 Å². The number of rotatable bonds is 16. The van der Waals surface area contributed by atoms with Crippen molar-refractivity contribution in [3.05, 3.63) is 35.6 Å². The van der Waals surface area contributed by atoms with Gasteiger partial charge in [0, 0.05) is 57.6 Å². The number of hydrogen-bond acceptors (Lipinski definition) is 9. The third-order valence-corrected chi connectivity index (χ3v) is 10.9. The maximum Gasteiger partial charge on any atom is 0.374 e. The summed E-state index contributed by atoms with van der Waals surface area (Å²) in [7, 11) is 3.37. The Balaban J connectivity index is 1.25. The molecule has 2 heterocycles. The van der Waals surface area contributed by atoms with Gasteiger partial charge in [0.25, 0.3) is 0 Å². The van der Waals surface area contributed by atoms with Crippen molar-refractivity contribution in [3.8, 4) is 0 Å². The number of nitrogens with two attached hydrogens (primary N) is 1. The van der Waals surface area contributed by atoms with Crippen molar-refractivity contribution >= 4 is 28.6 Å². The Morgan fingerprint density at radius 1 is 0.958 bits per heavy atom. The number of halogens is 1. The average Bonchev–Trinajstić information content (AvgIpc) is 3.76. The zero-order valence-corrected chi connectivity index (χ0v) is 28.5. The summed E-state index contributed by atoms with van der Waals surface area (Å²) in [5, 5.41) is 0.715. The molecule has 1 aromatic heterocycles. The molecule has 266 valence electrons. The van der Waals surface area contributed by atoms with Gasteiger partial charge < -0.3 is 34.0 Å². The first-order valence-corrected chi connectivity index (χ1v) is 17.8. The molecule has 3 atom stereocenters. The van der Waals surface area contributed by atoms with Gasteiger partial charge in [0.2, 0.25) is 11.7 Å². The molecule has 0 radical (unpaired) electrons. The second-order valence-electron chi connectivity index (χ2n) is 13.9. The molecule has 1 aliphatic heterocycles. The van der Waals surface area contributed by atoms with Crippen molar-refractivity contribution < 1.29 is 42.1 Å². The van der Waals surface area contributed by atoms with E-state index in [9.17, 15) is 18.8 Å². The van der Waals surface area contributed by atoms with E-state index in [2.05, 4.69) is 0 Å². The second kappa shape index (κ2) is 17.7. The van der Waals surface area contributed by atoms with Crippen molar-refractivity contribution in [2.75, 3.05) is 53.9 Å². The Morgan fingerprint density at radius 2 is 1.73 bits per heavy atom. The van der Waals surface area contributed by atoms with E-state index in [4.69, 9.17) is 29.1 Å². The van der Waals surface area contributed by atoms with E-state index in [1.54, 1.807) is 26.4 Å². The quantitative estimate of drug-likeness (QED) is 0.187. The van der Waals surface area contributed by atoms with Crippen LogP contribution in [0.15, 0.2) is 28.7 Å². The third-order valence-electron chi connectivity index (χ3n) is 10.9. The number of esters is 1. The van der Waals surface area contributed by atoms with Crippen LogP contribution in [0.2, 0.25) is 0 Å². The summed E-state index contributed by atoms with van der Waals surface area (Å²) in [4.78, 5) is 42.8. The number of alkyl halides is 1. The molecule has 3 fully saturated rings. The predicted molar refractivity (Wildman–Crippen MR) is 178 cm³/mol. The van der Waals surface area contributed by atoms with E-state index in [0.29, 0.717) is 62.5 Å². The summed E-state index contributed by atoms with van der Waals surface area (Å²) in [6.45, 7) is 1.72. The summed E-state index contributed by atoms with van der Waals surface area (Å²) in [6.07, 6.45) is 8.57. The molecule has 2 N–H and O–H groups in total. The molecule has 1 saturated heterocycles. The lowest BCUT2D eigenvalue weighted by molar-refractivity contribution is -0.143. The highest BCUT2D eigenvalue weighted by Crippen LogP contribution is 2.42. The van der Waals surface area contributed by atoms with Gasteiger partial charge in [-0.3, -0.25) is 9.59 Å². The van der Waals surface area contributed by atoms with E-state index in [1.165, 1.54) is 0 Å². The van der Waals surface area contributed by atoms with Crippen LogP contribution in [0, 0.1) is 23.7 Å². The van der Waals surface area contributed by atoms with E-state index in [0.717, 1.165) is 50.5 Å². The predicted octanol–water partition coefficient (Wildman–Crippen LogP) is 5.28. The molecule has 0 bridgehead atoms. The number of furan rings is 1. The summed E-state index contributed by atoms with van der Waals surface area (Å²) in [5.41, 5.74) is 7.32. The van der Waals surface area contributed by atoms with E-state index >= 15 is 0 Å². The number of carbonyl (C=O) groups is 3. The molecule has 1 amide bonds. The average molecular weight is 673 g/mol. The fraction of sp³-hybridized carbons (Fsp3) is 0.703. The van der Waals surface area contributed by atoms with Gasteiger partial charge in [-0.25, -0.2) is 9.18 Å². The normalized spacial score (nSPS) is 26.9. The Labute approximate surface area is 283 Å². The van der Waals surface area contributed by atoms with Crippen LogP contribution >= 0.6 is 0 Å². The van der Waals surface area contributed by atoms with Gasteiger partial charge in [-0.2, -0.15) is 0 Å². The Hall–Kier alpha value is -2.86. The van der Waals surface area contributed by atoms with Crippen molar-refractivity contribution in [1.82, 2.24) is 4.90 Å². The Bertz CT molecular complexity index is 1350. The maximum absolute atomic E-state index is 14.3. The minimum absolute atomic E-state index is 0.0445. The highest BCUT2D eigenvalue weighted by atomic mass is 19.1. The van der Waals surface area contributed by atoms with Gasteiger partial charge in [-0.05, 0) is 99.3 Å². The molecule has 2 saturated carbocycles. The number of methoxy groups -OCH3 is 2. The summed E-state index contributed by atoms with van der Waals surface area (Å²) >= 11 is 0. The Morgan fingerprint density at radius 3 is 2.44 bits per heavy atom. The van der Waals surface area contributed by atoms with Crippen LogP contribution in [0.5, 0.6) is 0 Å². The molecule has 10 nitrogen and oxygen atoms in total. The van der Waals surface area contributed by atoms with E-state index < -0.39 is 24.7 Å². The molecule has 2 aliphatic carbocycles. The van der Waals surface area contributed by atoms with Gasteiger partial charge in [0.1, 0.15) is 12.3 Å². The Kier molecular flexibility index (Phi) is 13.4. The molecular weight excluding hydrogens is 619 g/mol. The van der Waals surface area contributed by atoms with Crippen LogP contribution < -0.4 is 5.73 Å². The van der Waals surface area contributed by atoms with Crippen LogP contribution in [0.1, 0.15) is 80.3 Å². The largest absolute Gasteiger partial charge is 0.460 e. The lowest BCUT2D eigenvalue weighted by Gasteiger charge is -2.37. The maximum atomic E-state index is 14.3. The number of carbonyl (C=O) groups excluding carboxylic acids is 3. The standard InChI is InChI=1S/C37H53FN2O8/c1-44-18-19-46-16-3-17-47-37(43)34-22-28-20-24(4-13-33(28)48-34)21-32(41)35-30(25-9-11-29(45-2)12-10-25)14-15-40(35)36(42)27-7-5-26(6-8-27)31(39)23-38/h4,13,20,22,25-27,29-31,35H,3,5-12,14-19,21,23,39H2,1-2H3/t25?,26?,27?,29?,30-,31+,35-/m0/s1. The van der Waals surface area contributed by atoms with Crippen molar-refractivity contribution in [2.24, 2.45) is 29.4 Å². The second-order valence-corrected chi connectivity index (χ2v) is 13.9. The number of Topliss-reactive ketones (excluding diaryl/α,β-unsaturated/α-hetero) is 1. The minimum Gasteiger partial charge on any atom is -0.460 e. The molecule has 0 spiro atoms. The van der Waals surface area contributed by atoms with E-state index in [1.807, 2.05) is 17.0 Å². The van der Waals surface area contributed by atoms with Crippen LogP contribution in [0.4, 0.5) is 4.39 Å². The number of likely N-dealkylation sites (tertiary alicyclic amines) is 1. The summed E-state index contributed by atoms with van der Waals surface area (Å²) < 4.78 is 40.3. The number of amides is 1. The SMILES string of the molecule is COCCOCCCOC(=O)c1cc2cc(CC(=O)[C@@H]3[C@H](C4CCC(OC)CC4)CCN3C(=O)C3CCC([C@H](N)CF)CC3)ccc2o1. The molecule has 0 unspecified atom stereocenters. The lowest BCUT2D eigenvalue weighted by atomic mass is 9.74. The number of nitrogens with zero attached hydrogens (tertiary/aromatic N) is 1. The molecular formula is C37H53FN2O8. The molecule has 2 aromatic rings. The fourth-order valence-corrected chi connectivity index (χ4v) is 8.13. The molecule has 11 heteroatoms. The monoisotopic (exact) mass is 672 g/mol. The third kappa shape index (κ3) is 9.02. The fourth-order valence-electron chi connectivity index (χ4n) is 8.13. The highest BCUT2D eigenvalue weighted by molar-refractivity contribution is 5.94. The van der Waals surface area contributed by atoms with Crippen molar-refractivity contribution in [3.63, 3.8) is 0 Å². The summed E-state index contributed by atoms with van der Waals surface area (Å²) in [6, 6.07) is 6.21. The number of fused-ring (bicyclic) bond motifs is 1. The van der Waals surface area contributed by atoms with Gasteiger partial charge >= 0.3 is 5.97 Å². The van der Waals surface area contributed by atoms with Gasteiger partial charge in [0.05, 0.1) is 32.0 Å². The highest BCUT2D eigenvalue weighted by Gasteiger charge is 2.47. The van der Waals surface area contributed by atoms with Crippen molar-refractivity contribution in [2.45, 2.75) is 88.8 Å². The van der Waals surface area contributed by atoms with Gasteiger partial charge in [-0.1, -0.05) is 6.07 Å². The first-order valence-electron chi connectivity index (χ1n) is 17.8. The van der Waals surface area contributed by atoms with Gasteiger partial charge in [0.15, 0.2) is 5.78 Å². The zero-order valence-electron chi connectivity index (χ0n) is 28.5. The minimum atomic E-state index is -0.549. The van der Waals surface area contributed by atoms with Crippen LogP contribution in [0.3, 0.4) is 0 Å². The zero-order chi connectivity index (χ0) is 34.0. The molecule has 1 aromatic carbocycles.